The van der Waals surface area contributed by atoms with Gasteiger partial charge in [0.2, 0.25) is 0 Å². The van der Waals surface area contributed by atoms with E-state index >= 15 is 0 Å². The predicted octanol–water partition coefficient (Wildman–Crippen LogP) is 6.52. The standard InChI is InChI=1S/C20H11F6NO3/c21-19(22,23)12-1-5-14(6-2-12)29-17-9-27-10-18(16(17)11-28)30-15-7-3-13(4-8-15)20(24,25)26/h1-11H. The minimum absolute atomic E-state index is 0.0135. The molecule has 1 aromatic heterocycles. The number of aldehydes is 1. The number of ether oxygens (including phenoxy) is 2. The first kappa shape index (κ1) is 21.2. The highest BCUT2D eigenvalue weighted by molar-refractivity contribution is 5.83. The van der Waals surface area contributed by atoms with Crippen LogP contribution in [0.25, 0.3) is 0 Å². The number of rotatable bonds is 5. The van der Waals surface area contributed by atoms with E-state index < -0.39 is 23.5 Å². The lowest BCUT2D eigenvalue weighted by molar-refractivity contribution is -0.138. The molecule has 0 fully saturated rings. The van der Waals surface area contributed by atoms with Crippen LogP contribution < -0.4 is 9.47 Å². The van der Waals surface area contributed by atoms with Gasteiger partial charge in [0.15, 0.2) is 17.8 Å². The first-order chi connectivity index (χ1) is 14.1. The van der Waals surface area contributed by atoms with E-state index in [1.54, 1.807) is 0 Å². The van der Waals surface area contributed by atoms with Crippen molar-refractivity contribution in [2.75, 3.05) is 0 Å². The Balaban J connectivity index is 1.83. The smallest absolute Gasteiger partial charge is 0.416 e. The molecule has 2 aromatic carbocycles. The summed E-state index contributed by atoms with van der Waals surface area (Å²) in [6.45, 7) is 0. The zero-order valence-electron chi connectivity index (χ0n) is 14.8. The van der Waals surface area contributed by atoms with Gasteiger partial charge >= 0.3 is 12.4 Å². The van der Waals surface area contributed by atoms with E-state index in [1.807, 2.05) is 0 Å². The lowest BCUT2D eigenvalue weighted by atomic mass is 10.2. The van der Waals surface area contributed by atoms with E-state index in [1.165, 1.54) is 0 Å². The zero-order chi connectivity index (χ0) is 21.9. The van der Waals surface area contributed by atoms with Gasteiger partial charge in [0, 0.05) is 0 Å². The highest BCUT2D eigenvalue weighted by Crippen LogP contribution is 2.35. The monoisotopic (exact) mass is 427 g/mol. The Morgan fingerprint density at radius 3 is 1.33 bits per heavy atom. The third-order valence-electron chi connectivity index (χ3n) is 3.85. The molecule has 0 aliphatic heterocycles. The molecule has 0 saturated heterocycles. The fourth-order valence-corrected chi connectivity index (χ4v) is 2.39. The summed E-state index contributed by atoms with van der Waals surface area (Å²) in [4.78, 5) is 15.3. The molecule has 0 N–H and O–H groups in total. The summed E-state index contributed by atoms with van der Waals surface area (Å²) in [6, 6.07) is 7.53. The molecule has 0 aliphatic carbocycles. The van der Waals surface area contributed by atoms with Gasteiger partial charge in [-0.3, -0.25) is 9.78 Å². The Labute approximate surface area is 165 Å². The fraction of sp³-hybridized carbons (Fsp3) is 0.100. The van der Waals surface area contributed by atoms with Crippen molar-refractivity contribution in [3.05, 3.63) is 77.6 Å². The second-order valence-electron chi connectivity index (χ2n) is 5.92. The summed E-state index contributed by atoms with van der Waals surface area (Å²) in [5, 5.41) is 0. The second kappa shape index (κ2) is 8.05. The Hall–Kier alpha value is -3.56. The summed E-state index contributed by atoms with van der Waals surface area (Å²) in [6.07, 6.45) is -6.34. The summed E-state index contributed by atoms with van der Waals surface area (Å²) in [7, 11) is 0. The summed E-state index contributed by atoms with van der Waals surface area (Å²) in [5.41, 5.74) is -1.87. The van der Waals surface area contributed by atoms with Crippen LogP contribution in [0.3, 0.4) is 0 Å². The van der Waals surface area contributed by atoms with Gasteiger partial charge in [0.25, 0.3) is 0 Å². The molecule has 0 radical (unpaired) electrons. The van der Waals surface area contributed by atoms with Crippen molar-refractivity contribution in [2.45, 2.75) is 12.4 Å². The summed E-state index contributed by atoms with van der Waals surface area (Å²) >= 11 is 0. The number of hydrogen-bond acceptors (Lipinski definition) is 4. The molecule has 0 atom stereocenters. The summed E-state index contributed by atoms with van der Waals surface area (Å²) in [5.74, 6) is -0.178. The van der Waals surface area contributed by atoms with Crippen LogP contribution in [0.2, 0.25) is 0 Å². The lowest BCUT2D eigenvalue weighted by Crippen LogP contribution is -2.04. The van der Waals surface area contributed by atoms with Crippen LogP contribution in [0.1, 0.15) is 21.5 Å². The topological polar surface area (TPSA) is 48.4 Å². The Morgan fingerprint density at radius 1 is 0.667 bits per heavy atom. The van der Waals surface area contributed by atoms with Crippen LogP contribution >= 0.6 is 0 Å². The molecular weight excluding hydrogens is 416 g/mol. The van der Waals surface area contributed by atoms with Crippen LogP contribution in [0, 0.1) is 0 Å². The van der Waals surface area contributed by atoms with E-state index in [0.29, 0.717) is 6.29 Å². The van der Waals surface area contributed by atoms with Crippen molar-refractivity contribution in [3.8, 4) is 23.0 Å². The minimum Gasteiger partial charge on any atom is -0.455 e. The number of carbonyl (C=O) groups excluding carboxylic acids is 1. The molecule has 4 nitrogen and oxygen atoms in total. The SMILES string of the molecule is O=Cc1c(Oc2ccc(C(F)(F)F)cc2)cncc1Oc1ccc(C(F)(F)F)cc1. The first-order valence-corrected chi connectivity index (χ1v) is 8.21. The molecule has 10 heteroatoms. The van der Waals surface area contributed by atoms with Crippen molar-refractivity contribution in [3.63, 3.8) is 0 Å². The first-order valence-electron chi connectivity index (χ1n) is 8.21. The van der Waals surface area contributed by atoms with Crippen LogP contribution in [0.15, 0.2) is 60.9 Å². The van der Waals surface area contributed by atoms with E-state index in [0.717, 1.165) is 60.9 Å². The minimum atomic E-state index is -4.51. The molecule has 0 unspecified atom stereocenters. The van der Waals surface area contributed by atoms with Crippen molar-refractivity contribution in [2.24, 2.45) is 0 Å². The predicted molar refractivity (Wildman–Crippen MR) is 92.7 cm³/mol. The molecule has 3 rings (SSSR count). The Bertz CT molecular complexity index is 951. The normalized spacial score (nSPS) is 11.8. The van der Waals surface area contributed by atoms with Gasteiger partial charge in [-0.1, -0.05) is 0 Å². The molecule has 0 bridgehead atoms. The number of nitrogens with zero attached hydrogens (tertiary/aromatic N) is 1. The maximum absolute atomic E-state index is 12.6. The molecule has 3 aromatic rings. The largest absolute Gasteiger partial charge is 0.455 e. The number of carbonyl (C=O) groups is 1. The number of halogens is 6. The van der Waals surface area contributed by atoms with Crippen molar-refractivity contribution in [1.82, 2.24) is 4.98 Å². The average molecular weight is 427 g/mol. The molecular formula is C20H11F6NO3. The maximum Gasteiger partial charge on any atom is 0.416 e. The van der Waals surface area contributed by atoms with Gasteiger partial charge in [-0.2, -0.15) is 26.3 Å². The van der Waals surface area contributed by atoms with Crippen LogP contribution in [0.4, 0.5) is 26.3 Å². The van der Waals surface area contributed by atoms with E-state index in [9.17, 15) is 31.1 Å². The van der Waals surface area contributed by atoms with Gasteiger partial charge < -0.3 is 9.47 Å². The maximum atomic E-state index is 12.6. The number of hydrogen-bond donors (Lipinski definition) is 0. The van der Waals surface area contributed by atoms with Crippen LogP contribution in [-0.4, -0.2) is 11.3 Å². The molecule has 1 heterocycles. The van der Waals surface area contributed by atoms with Gasteiger partial charge in [0.05, 0.1) is 23.5 Å². The van der Waals surface area contributed by atoms with Gasteiger partial charge in [-0.15, -0.1) is 0 Å². The van der Waals surface area contributed by atoms with Gasteiger partial charge in [-0.25, -0.2) is 0 Å². The van der Waals surface area contributed by atoms with Crippen molar-refractivity contribution in [1.29, 1.82) is 0 Å². The highest BCUT2D eigenvalue weighted by atomic mass is 19.4. The molecule has 0 saturated carbocycles. The van der Waals surface area contributed by atoms with E-state index in [4.69, 9.17) is 9.47 Å². The third-order valence-corrected chi connectivity index (χ3v) is 3.85. The molecule has 0 amide bonds. The fourth-order valence-electron chi connectivity index (χ4n) is 2.39. The van der Waals surface area contributed by atoms with Gasteiger partial charge in [0.1, 0.15) is 17.1 Å². The molecule has 0 aliphatic rings. The van der Waals surface area contributed by atoms with Crippen molar-refractivity contribution < 1.29 is 40.6 Å². The molecule has 156 valence electrons. The second-order valence-corrected chi connectivity index (χ2v) is 5.92. The average Bonchev–Trinajstić information content (AvgIpc) is 2.68. The Morgan fingerprint density at radius 2 is 1.03 bits per heavy atom. The zero-order valence-corrected chi connectivity index (χ0v) is 14.8. The third kappa shape index (κ3) is 4.88. The summed E-state index contributed by atoms with van der Waals surface area (Å²) < 4.78 is 86.7. The number of pyridine rings is 1. The molecule has 0 spiro atoms. The van der Waals surface area contributed by atoms with Crippen LogP contribution in [0.5, 0.6) is 23.0 Å². The van der Waals surface area contributed by atoms with E-state index in [2.05, 4.69) is 4.98 Å². The number of aromatic nitrogens is 1. The van der Waals surface area contributed by atoms with Gasteiger partial charge in [-0.05, 0) is 48.5 Å². The highest BCUT2D eigenvalue weighted by Gasteiger charge is 2.31. The Kier molecular flexibility index (Phi) is 5.68. The lowest BCUT2D eigenvalue weighted by Gasteiger charge is -2.13. The number of benzene rings is 2. The van der Waals surface area contributed by atoms with Crippen LogP contribution in [-0.2, 0) is 12.4 Å². The van der Waals surface area contributed by atoms with E-state index in [-0.39, 0.29) is 28.6 Å². The molecule has 30 heavy (non-hydrogen) atoms. The van der Waals surface area contributed by atoms with Crippen molar-refractivity contribution >= 4 is 6.29 Å². The quantitative estimate of drug-likeness (QED) is 0.344. The number of alkyl halides is 6.